The van der Waals surface area contributed by atoms with Crippen LogP contribution in [0.1, 0.15) is 42.5 Å². The molecule has 0 aromatic heterocycles. The molecule has 1 aromatic rings. The highest BCUT2D eigenvalue weighted by atomic mass is 79.9. The van der Waals surface area contributed by atoms with E-state index in [4.69, 9.17) is 5.11 Å². The summed E-state index contributed by atoms with van der Waals surface area (Å²) in [5.74, 6) is -1.15. The minimum Gasteiger partial charge on any atom is -0.478 e. The fraction of sp³-hybridized carbons (Fsp3) is 0.462. The Hall–Kier alpha value is -0.920. The van der Waals surface area contributed by atoms with Crippen molar-refractivity contribution < 1.29 is 18.3 Å². The van der Waals surface area contributed by atoms with Crippen LogP contribution in [0.25, 0.3) is 0 Å². The van der Waals surface area contributed by atoms with Crippen LogP contribution in [0, 0.1) is 0 Å². The Morgan fingerprint density at radius 1 is 1.20 bits per heavy atom. The average Bonchev–Trinajstić information content (AvgIpc) is 2.38. The second-order valence-electron chi connectivity index (χ2n) is 4.94. The first-order valence-corrected chi connectivity index (χ1v) is 8.72. The first-order valence-electron chi connectivity index (χ1n) is 6.45. The summed E-state index contributed by atoms with van der Waals surface area (Å²) in [5, 5.41) is 8.98. The molecule has 2 rings (SSSR count). The van der Waals surface area contributed by atoms with Crippen molar-refractivity contribution in [2.45, 2.75) is 43.0 Å². The molecule has 0 radical (unpaired) electrons. The Labute approximate surface area is 126 Å². The van der Waals surface area contributed by atoms with E-state index < -0.39 is 16.0 Å². The van der Waals surface area contributed by atoms with Crippen molar-refractivity contribution >= 4 is 31.9 Å². The summed E-state index contributed by atoms with van der Waals surface area (Å²) >= 11 is 3.14. The van der Waals surface area contributed by atoms with Crippen molar-refractivity contribution in [1.82, 2.24) is 4.72 Å². The maximum atomic E-state index is 12.3. The van der Waals surface area contributed by atoms with Gasteiger partial charge in [-0.05, 0) is 31.0 Å². The maximum Gasteiger partial charge on any atom is 0.335 e. The number of hydrogen-bond acceptors (Lipinski definition) is 3. The van der Waals surface area contributed by atoms with Gasteiger partial charge in [-0.15, -0.1) is 0 Å². The number of hydrogen-bond donors (Lipinski definition) is 2. The monoisotopic (exact) mass is 361 g/mol. The highest BCUT2D eigenvalue weighted by molar-refractivity contribution is 9.10. The summed E-state index contributed by atoms with van der Waals surface area (Å²) in [6.07, 6.45) is 4.84. The lowest BCUT2D eigenvalue weighted by atomic mass is 9.96. The van der Waals surface area contributed by atoms with Gasteiger partial charge in [-0.1, -0.05) is 35.2 Å². The van der Waals surface area contributed by atoms with Gasteiger partial charge in [-0.2, -0.15) is 0 Å². The van der Waals surface area contributed by atoms with Gasteiger partial charge in [0.05, 0.1) is 10.5 Å². The zero-order valence-electron chi connectivity index (χ0n) is 10.8. The number of carboxylic acid groups (broad SMARTS) is 1. The smallest absolute Gasteiger partial charge is 0.335 e. The van der Waals surface area contributed by atoms with Crippen molar-refractivity contribution in [3.8, 4) is 0 Å². The molecule has 0 aliphatic heterocycles. The lowest BCUT2D eigenvalue weighted by Crippen LogP contribution is -2.36. The lowest BCUT2D eigenvalue weighted by Gasteiger charge is -2.22. The molecule has 0 heterocycles. The third-order valence-corrected chi connectivity index (χ3v) is 5.31. The van der Waals surface area contributed by atoms with Crippen molar-refractivity contribution in [3.63, 3.8) is 0 Å². The number of aromatic carboxylic acids is 1. The number of benzene rings is 1. The van der Waals surface area contributed by atoms with Crippen molar-refractivity contribution in [1.29, 1.82) is 0 Å². The van der Waals surface area contributed by atoms with Crippen LogP contribution in [0.5, 0.6) is 0 Å². The van der Waals surface area contributed by atoms with E-state index in [1.165, 1.54) is 18.2 Å². The van der Waals surface area contributed by atoms with Gasteiger partial charge in [0.25, 0.3) is 0 Å². The third-order valence-electron chi connectivity index (χ3n) is 3.36. The molecule has 0 amide bonds. The number of rotatable bonds is 4. The summed E-state index contributed by atoms with van der Waals surface area (Å²) in [7, 11) is -3.68. The third kappa shape index (κ3) is 3.80. The maximum absolute atomic E-state index is 12.3. The van der Waals surface area contributed by atoms with E-state index >= 15 is 0 Å². The number of carboxylic acids is 1. The Bertz CT molecular complexity index is 609. The van der Waals surface area contributed by atoms with Crippen LogP contribution in [0.15, 0.2) is 27.6 Å². The van der Waals surface area contributed by atoms with Gasteiger partial charge in [-0.25, -0.2) is 17.9 Å². The van der Waals surface area contributed by atoms with Crippen LogP contribution >= 0.6 is 15.9 Å². The van der Waals surface area contributed by atoms with Gasteiger partial charge in [-0.3, -0.25) is 0 Å². The van der Waals surface area contributed by atoms with Crippen LogP contribution in [0.3, 0.4) is 0 Å². The molecule has 7 heteroatoms. The minimum atomic E-state index is -3.68. The molecule has 20 heavy (non-hydrogen) atoms. The summed E-state index contributed by atoms with van der Waals surface area (Å²) in [4.78, 5) is 11.0. The molecular weight excluding hydrogens is 346 g/mol. The Morgan fingerprint density at radius 2 is 1.85 bits per heavy atom. The van der Waals surface area contributed by atoms with Gasteiger partial charge in [0.2, 0.25) is 10.0 Å². The normalized spacial score (nSPS) is 17.1. The SMILES string of the molecule is O=C(O)c1cc(Br)cc(S(=O)(=O)NC2CCCCC2)c1. The first-order chi connectivity index (χ1) is 9.38. The van der Waals surface area contributed by atoms with E-state index in [1.807, 2.05) is 0 Å². The molecule has 0 saturated heterocycles. The fourth-order valence-corrected chi connectivity index (χ4v) is 4.37. The summed E-state index contributed by atoms with van der Waals surface area (Å²) in [6, 6.07) is 3.92. The molecular formula is C13H16BrNO4S. The van der Waals surface area contributed by atoms with Crippen molar-refractivity contribution in [3.05, 3.63) is 28.2 Å². The number of carbonyl (C=O) groups is 1. The van der Waals surface area contributed by atoms with Gasteiger partial charge < -0.3 is 5.11 Å². The minimum absolute atomic E-state index is 0.0187. The van der Waals surface area contributed by atoms with Crippen LogP contribution in [-0.2, 0) is 10.0 Å². The van der Waals surface area contributed by atoms with E-state index in [0.29, 0.717) is 4.47 Å². The van der Waals surface area contributed by atoms with E-state index in [-0.39, 0.29) is 16.5 Å². The largest absolute Gasteiger partial charge is 0.478 e. The number of nitrogens with one attached hydrogen (secondary N) is 1. The van der Waals surface area contributed by atoms with Crippen molar-refractivity contribution in [2.75, 3.05) is 0 Å². The molecule has 1 aromatic carbocycles. The topological polar surface area (TPSA) is 83.5 Å². The van der Waals surface area contributed by atoms with Crippen LogP contribution in [0.2, 0.25) is 0 Å². The van der Waals surface area contributed by atoms with Gasteiger partial charge in [0.15, 0.2) is 0 Å². The highest BCUT2D eigenvalue weighted by Crippen LogP contribution is 2.23. The summed E-state index contributed by atoms with van der Waals surface area (Å²) in [5.41, 5.74) is -0.0524. The van der Waals surface area contributed by atoms with Crippen LogP contribution in [-0.4, -0.2) is 25.5 Å². The quantitative estimate of drug-likeness (QED) is 0.863. The molecule has 0 unspecified atom stereocenters. The lowest BCUT2D eigenvalue weighted by molar-refractivity contribution is 0.0696. The van der Waals surface area contributed by atoms with E-state index in [0.717, 1.165) is 32.1 Å². The Balaban J connectivity index is 2.26. The molecule has 0 atom stereocenters. The zero-order chi connectivity index (χ0) is 14.8. The molecule has 0 spiro atoms. The van der Waals surface area contributed by atoms with Gasteiger partial charge in [0.1, 0.15) is 0 Å². The standard InChI is InChI=1S/C13H16BrNO4S/c14-10-6-9(13(16)17)7-12(8-10)20(18,19)15-11-4-2-1-3-5-11/h6-8,11,15H,1-5H2,(H,16,17). The number of halogens is 1. The van der Waals surface area contributed by atoms with E-state index in [2.05, 4.69) is 20.7 Å². The second-order valence-corrected chi connectivity index (χ2v) is 7.57. The molecule has 1 aliphatic rings. The molecule has 2 N–H and O–H groups in total. The highest BCUT2D eigenvalue weighted by Gasteiger charge is 2.23. The van der Waals surface area contributed by atoms with E-state index in [1.54, 1.807) is 0 Å². The molecule has 5 nitrogen and oxygen atoms in total. The van der Waals surface area contributed by atoms with Crippen molar-refractivity contribution in [2.24, 2.45) is 0 Å². The van der Waals surface area contributed by atoms with Crippen LogP contribution < -0.4 is 4.72 Å². The zero-order valence-corrected chi connectivity index (χ0v) is 13.2. The van der Waals surface area contributed by atoms with Crippen LogP contribution in [0.4, 0.5) is 0 Å². The molecule has 0 bridgehead atoms. The molecule has 1 fully saturated rings. The first kappa shape index (κ1) is 15.5. The number of sulfonamides is 1. The second kappa shape index (κ2) is 6.24. The molecule has 1 aliphatic carbocycles. The fourth-order valence-electron chi connectivity index (χ4n) is 2.35. The predicted octanol–water partition coefficient (Wildman–Crippen LogP) is 2.76. The Morgan fingerprint density at radius 3 is 2.45 bits per heavy atom. The Kier molecular flexibility index (Phi) is 4.82. The van der Waals surface area contributed by atoms with E-state index in [9.17, 15) is 13.2 Å². The molecule has 1 saturated carbocycles. The summed E-state index contributed by atoms with van der Waals surface area (Å²) < 4.78 is 27.7. The average molecular weight is 362 g/mol. The molecule has 110 valence electrons. The van der Waals surface area contributed by atoms with Gasteiger partial charge >= 0.3 is 5.97 Å². The van der Waals surface area contributed by atoms with Gasteiger partial charge in [0, 0.05) is 10.5 Å². The summed E-state index contributed by atoms with van der Waals surface area (Å²) in [6.45, 7) is 0. The predicted molar refractivity (Wildman–Crippen MR) is 78.3 cm³/mol.